The molecule has 4 N–H and O–H groups in total. The van der Waals surface area contributed by atoms with Gasteiger partial charge in [-0.2, -0.15) is 4.98 Å². The number of anilines is 6. The summed E-state index contributed by atoms with van der Waals surface area (Å²) < 4.78 is 0. The third-order valence-electron chi connectivity index (χ3n) is 12.3. The lowest BCUT2D eigenvalue weighted by molar-refractivity contribution is -0.136. The molecule has 0 bridgehead atoms. The number of nitrogens with zero attached hydrogens (tertiary/aromatic N) is 7. The van der Waals surface area contributed by atoms with Crippen molar-refractivity contribution in [3.8, 4) is 0 Å². The van der Waals surface area contributed by atoms with E-state index in [9.17, 15) is 24.0 Å². The molecule has 0 saturated carbocycles. The maximum atomic E-state index is 13.6. The zero-order chi connectivity index (χ0) is 41.5. The number of aromatic nitrogens is 3. The number of rotatable bonds is 12. The van der Waals surface area contributed by atoms with Crippen molar-refractivity contribution in [2.24, 2.45) is 0 Å². The van der Waals surface area contributed by atoms with E-state index in [2.05, 4.69) is 72.7 Å². The molecule has 3 fully saturated rings. The largest absolute Gasteiger partial charge is 0.369 e. The summed E-state index contributed by atoms with van der Waals surface area (Å²) in [5.74, 6) is -0.560. The van der Waals surface area contributed by atoms with Crippen molar-refractivity contribution in [2.75, 3.05) is 66.2 Å². The van der Waals surface area contributed by atoms with Gasteiger partial charge in [-0.3, -0.25) is 39.1 Å². The number of fused-ring (bicyclic) bond motifs is 2. The van der Waals surface area contributed by atoms with Crippen LogP contribution in [0.2, 0.25) is 0 Å². The Bertz CT molecular complexity index is 2390. The molecule has 5 amide bonds. The van der Waals surface area contributed by atoms with Crippen LogP contribution in [0.3, 0.4) is 0 Å². The van der Waals surface area contributed by atoms with Crippen LogP contribution in [0.4, 0.5) is 34.6 Å². The second-order valence-electron chi connectivity index (χ2n) is 15.9. The third-order valence-corrected chi connectivity index (χ3v) is 12.3. The molecular weight excluding hydrogens is 763 g/mol. The van der Waals surface area contributed by atoms with Crippen molar-refractivity contribution in [3.63, 3.8) is 0 Å². The molecular formula is C44H47N11O5. The van der Waals surface area contributed by atoms with Gasteiger partial charge in [0.2, 0.25) is 17.8 Å². The van der Waals surface area contributed by atoms with Crippen LogP contribution < -0.4 is 31.1 Å². The van der Waals surface area contributed by atoms with Crippen molar-refractivity contribution in [1.29, 1.82) is 0 Å². The normalized spacial score (nSPS) is 20.4. The highest BCUT2D eigenvalue weighted by molar-refractivity contribution is 6.25. The van der Waals surface area contributed by atoms with E-state index in [1.165, 1.54) is 11.8 Å². The molecule has 16 heteroatoms. The van der Waals surface area contributed by atoms with Crippen LogP contribution in [0, 0.1) is 0 Å². The summed E-state index contributed by atoms with van der Waals surface area (Å²) in [6.07, 6.45) is 6.49. The first-order valence-electron chi connectivity index (χ1n) is 20.7. The van der Waals surface area contributed by atoms with E-state index in [1.807, 2.05) is 24.3 Å². The standard InChI is InChI=1S/C44H47N11O5/c1-3-18-45-40(57)32-23-46-44(51-39(32)49-35-16-10-27-9-8-26(4-2)38(27)48-35)47-28-11-13-29(14-12-28)52-19-21-53(22-20-52)30-24-54(25-30)33-7-5-6-31-37(33)43(60)55(42(31)59)34-15-17-36(56)50-41(34)58/h3,5-7,10-14,16,23,26,30,34H,1,4,8-9,15,17-22,24-25H2,2H3,(H,45,57)(H,50,56,58)(H2,46,47,48,49,51). The molecule has 60 heavy (non-hydrogen) atoms. The number of nitrogens with one attached hydrogen (secondary N) is 4. The van der Waals surface area contributed by atoms with E-state index in [0.717, 1.165) is 80.5 Å². The van der Waals surface area contributed by atoms with Gasteiger partial charge in [0.15, 0.2) is 0 Å². The number of pyridine rings is 1. The summed E-state index contributed by atoms with van der Waals surface area (Å²) >= 11 is 0. The first-order chi connectivity index (χ1) is 29.2. The van der Waals surface area contributed by atoms with Crippen LogP contribution in [0.15, 0.2) is 73.4 Å². The van der Waals surface area contributed by atoms with Gasteiger partial charge in [-0.05, 0) is 73.7 Å². The number of benzene rings is 2. The molecule has 4 aromatic rings. The highest BCUT2D eigenvalue weighted by atomic mass is 16.2. The van der Waals surface area contributed by atoms with Crippen molar-refractivity contribution >= 4 is 64.2 Å². The highest BCUT2D eigenvalue weighted by Gasteiger charge is 2.47. The Morgan fingerprint density at radius 1 is 0.900 bits per heavy atom. The van der Waals surface area contributed by atoms with Crippen LogP contribution in [0.5, 0.6) is 0 Å². The first kappa shape index (κ1) is 38.8. The van der Waals surface area contributed by atoms with Gasteiger partial charge in [0.25, 0.3) is 17.7 Å². The minimum Gasteiger partial charge on any atom is -0.369 e. The van der Waals surface area contributed by atoms with Gasteiger partial charge >= 0.3 is 0 Å². The van der Waals surface area contributed by atoms with E-state index in [-0.39, 0.29) is 18.7 Å². The third kappa shape index (κ3) is 7.31. The van der Waals surface area contributed by atoms with Gasteiger partial charge in [0.05, 0.1) is 16.8 Å². The van der Waals surface area contributed by atoms with Gasteiger partial charge in [-0.1, -0.05) is 25.1 Å². The molecule has 0 radical (unpaired) electrons. The zero-order valence-electron chi connectivity index (χ0n) is 33.4. The number of piperazine rings is 1. The maximum Gasteiger partial charge on any atom is 0.264 e. The molecule has 2 aromatic carbocycles. The van der Waals surface area contributed by atoms with Crippen LogP contribution in [-0.2, 0) is 16.0 Å². The summed E-state index contributed by atoms with van der Waals surface area (Å²) in [5, 5.41) is 11.7. The zero-order valence-corrected chi connectivity index (χ0v) is 33.4. The SMILES string of the molecule is C=CCNC(=O)c1cnc(Nc2ccc(N3CCN(C4CN(c5cccc6c5C(=O)N(C5CCC(=O)NC5=O)C6=O)C4)CC3)cc2)nc1Nc1ccc2c(n1)C(CC)CC2. The van der Waals surface area contributed by atoms with Crippen molar-refractivity contribution in [1.82, 2.24) is 35.4 Å². The van der Waals surface area contributed by atoms with Gasteiger partial charge < -0.3 is 25.8 Å². The lowest BCUT2D eigenvalue weighted by Gasteiger charge is -2.49. The fourth-order valence-corrected chi connectivity index (χ4v) is 8.96. The molecule has 9 rings (SSSR count). The molecule has 308 valence electrons. The van der Waals surface area contributed by atoms with Gasteiger partial charge in [-0.25, -0.2) is 9.97 Å². The molecule has 2 atom stereocenters. The number of amides is 5. The fourth-order valence-electron chi connectivity index (χ4n) is 8.96. The van der Waals surface area contributed by atoms with E-state index in [4.69, 9.17) is 9.97 Å². The fraction of sp³-hybridized carbons (Fsp3) is 0.364. The Hall–Kier alpha value is -6.68. The Morgan fingerprint density at radius 3 is 2.45 bits per heavy atom. The number of imide groups is 2. The Morgan fingerprint density at radius 2 is 1.70 bits per heavy atom. The first-order valence-corrected chi connectivity index (χ1v) is 20.7. The predicted molar refractivity (Wildman–Crippen MR) is 226 cm³/mol. The van der Waals surface area contributed by atoms with Crippen molar-refractivity contribution < 1.29 is 24.0 Å². The van der Waals surface area contributed by atoms with Crippen LogP contribution >= 0.6 is 0 Å². The summed E-state index contributed by atoms with van der Waals surface area (Å²) in [4.78, 5) is 86.3. The maximum absolute atomic E-state index is 13.6. The second-order valence-corrected chi connectivity index (χ2v) is 15.9. The van der Waals surface area contributed by atoms with Gasteiger partial charge in [0.1, 0.15) is 23.2 Å². The van der Waals surface area contributed by atoms with Crippen molar-refractivity contribution in [2.45, 2.75) is 57.0 Å². The smallest absolute Gasteiger partial charge is 0.264 e. The minimum atomic E-state index is -0.992. The summed E-state index contributed by atoms with van der Waals surface area (Å²) in [5.41, 5.74) is 5.91. The Kier molecular flexibility index (Phi) is 10.5. The molecule has 1 aliphatic carbocycles. The quantitative estimate of drug-likeness (QED) is 0.119. The topological polar surface area (TPSA) is 185 Å². The Labute approximate surface area is 347 Å². The molecule has 0 spiro atoms. The van der Waals surface area contributed by atoms with E-state index in [0.29, 0.717) is 58.5 Å². The molecule has 6 heterocycles. The van der Waals surface area contributed by atoms with E-state index >= 15 is 0 Å². The number of hydrogen-bond acceptors (Lipinski definition) is 13. The number of hydrogen-bond donors (Lipinski definition) is 4. The molecule has 5 aliphatic rings. The van der Waals surface area contributed by atoms with Crippen molar-refractivity contribution in [3.05, 3.63) is 101 Å². The minimum absolute atomic E-state index is 0.0822. The predicted octanol–water partition coefficient (Wildman–Crippen LogP) is 4.13. The van der Waals surface area contributed by atoms with Crippen LogP contribution in [0.25, 0.3) is 0 Å². The monoisotopic (exact) mass is 809 g/mol. The molecule has 4 aliphatic heterocycles. The summed E-state index contributed by atoms with van der Waals surface area (Å²) in [6, 6.07) is 16.7. The lowest BCUT2D eigenvalue weighted by Crippen LogP contribution is -2.63. The molecule has 2 aromatic heterocycles. The summed E-state index contributed by atoms with van der Waals surface area (Å²) in [7, 11) is 0. The van der Waals surface area contributed by atoms with Crippen LogP contribution in [-0.4, -0.2) is 112 Å². The van der Waals surface area contributed by atoms with E-state index in [1.54, 1.807) is 18.2 Å². The van der Waals surface area contributed by atoms with Gasteiger partial charge in [-0.15, -0.1) is 6.58 Å². The second kappa shape index (κ2) is 16.2. The average Bonchev–Trinajstić information content (AvgIpc) is 3.77. The molecule has 2 unspecified atom stereocenters. The van der Waals surface area contributed by atoms with Crippen LogP contribution in [0.1, 0.15) is 80.9 Å². The van der Waals surface area contributed by atoms with E-state index < -0.39 is 29.7 Å². The number of carbonyl (C=O) groups is 5. The number of aryl methyl sites for hydroxylation is 1. The highest BCUT2D eigenvalue weighted by Crippen LogP contribution is 2.38. The van der Waals surface area contributed by atoms with Gasteiger partial charge in [0, 0.05) is 87.5 Å². The number of piperidine rings is 1. The lowest BCUT2D eigenvalue weighted by atomic mass is 10.00. The molecule has 3 saturated heterocycles. The average molecular weight is 810 g/mol. The molecule has 16 nitrogen and oxygen atoms in total. The Balaban J connectivity index is 0.808. The number of carbonyl (C=O) groups excluding carboxylic acids is 5. The summed E-state index contributed by atoms with van der Waals surface area (Å²) in [6.45, 7) is 11.1.